The van der Waals surface area contributed by atoms with Crippen LogP contribution in [0.1, 0.15) is 39.5 Å². The van der Waals surface area contributed by atoms with E-state index in [0.717, 1.165) is 45.3 Å². The highest BCUT2D eigenvalue weighted by atomic mass is 16.5. The zero-order valence-corrected chi connectivity index (χ0v) is 12.2. The van der Waals surface area contributed by atoms with Crippen LogP contribution in [0.4, 0.5) is 0 Å². The van der Waals surface area contributed by atoms with Gasteiger partial charge in [0.25, 0.3) is 0 Å². The van der Waals surface area contributed by atoms with Gasteiger partial charge in [-0.3, -0.25) is 4.79 Å². The van der Waals surface area contributed by atoms with Gasteiger partial charge in [0, 0.05) is 31.0 Å². The molecule has 1 aliphatic heterocycles. The lowest BCUT2D eigenvalue weighted by Gasteiger charge is -2.33. The minimum atomic E-state index is -0.104. The Hall–Kier alpha value is -0.450. The third kappa shape index (κ3) is 3.77. The Kier molecular flexibility index (Phi) is 4.98. The van der Waals surface area contributed by atoms with Crippen LogP contribution < -0.4 is 0 Å². The fourth-order valence-corrected chi connectivity index (χ4v) is 3.31. The summed E-state index contributed by atoms with van der Waals surface area (Å²) in [6.07, 6.45) is 4.41. The number of Topliss-reactive ketones (excluding diaryl/α,β-unsaturated/α-hetero) is 1. The van der Waals surface area contributed by atoms with Gasteiger partial charge < -0.3 is 14.7 Å². The van der Waals surface area contributed by atoms with E-state index < -0.39 is 0 Å². The molecule has 1 atom stereocenters. The summed E-state index contributed by atoms with van der Waals surface area (Å²) >= 11 is 0. The molecule has 4 nitrogen and oxygen atoms in total. The van der Waals surface area contributed by atoms with Gasteiger partial charge in [-0.25, -0.2) is 0 Å². The minimum Gasteiger partial charge on any atom is -0.394 e. The van der Waals surface area contributed by atoms with Gasteiger partial charge in [-0.05, 0) is 25.7 Å². The third-order valence-corrected chi connectivity index (χ3v) is 4.61. The fourth-order valence-electron chi connectivity index (χ4n) is 3.31. The van der Waals surface area contributed by atoms with Crippen molar-refractivity contribution >= 4 is 5.78 Å². The molecule has 2 aliphatic rings. The van der Waals surface area contributed by atoms with E-state index in [1.54, 1.807) is 0 Å². The Bertz CT molecular complexity index is 309. The fraction of sp³-hybridized carbons (Fsp3) is 0.933. The molecule has 0 amide bonds. The molecule has 2 rings (SSSR count). The van der Waals surface area contributed by atoms with Gasteiger partial charge in [0.2, 0.25) is 0 Å². The van der Waals surface area contributed by atoms with Crippen LogP contribution in [0.2, 0.25) is 0 Å². The van der Waals surface area contributed by atoms with Crippen LogP contribution in [0.5, 0.6) is 0 Å². The normalized spacial score (nSPS) is 29.0. The maximum absolute atomic E-state index is 12.2. The van der Waals surface area contributed by atoms with Gasteiger partial charge in [0.1, 0.15) is 5.78 Å². The van der Waals surface area contributed by atoms with Gasteiger partial charge in [-0.2, -0.15) is 0 Å². The lowest BCUT2D eigenvalue weighted by atomic mass is 9.89. The topological polar surface area (TPSA) is 49.8 Å². The first-order valence-electron chi connectivity index (χ1n) is 7.52. The summed E-state index contributed by atoms with van der Waals surface area (Å²) in [5.74, 6) is 0.691. The van der Waals surface area contributed by atoms with Gasteiger partial charge in [0.15, 0.2) is 0 Å². The second kappa shape index (κ2) is 6.33. The van der Waals surface area contributed by atoms with Crippen LogP contribution in [0.25, 0.3) is 0 Å². The SMILES string of the molecule is CC1(C)CCC(CN2CCC(OCCO)CC2)C1=O. The molecule has 0 aromatic carbocycles. The van der Waals surface area contributed by atoms with E-state index in [1.807, 2.05) is 0 Å². The summed E-state index contributed by atoms with van der Waals surface area (Å²) in [5, 5.41) is 8.74. The molecular formula is C15H27NO3. The molecule has 1 unspecified atom stereocenters. The minimum absolute atomic E-state index is 0.103. The van der Waals surface area contributed by atoms with Crippen molar-refractivity contribution in [3.63, 3.8) is 0 Å². The average molecular weight is 269 g/mol. The van der Waals surface area contributed by atoms with Crippen molar-refractivity contribution in [1.29, 1.82) is 0 Å². The number of ether oxygens (including phenoxy) is 1. The van der Waals surface area contributed by atoms with E-state index in [4.69, 9.17) is 9.84 Å². The monoisotopic (exact) mass is 269 g/mol. The largest absolute Gasteiger partial charge is 0.394 e. The van der Waals surface area contributed by atoms with Crippen LogP contribution in [0.15, 0.2) is 0 Å². The Morgan fingerprint density at radius 3 is 2.53 bits per heavy atom. The van der Waals surface area contributed by atoms with Crippen molar-refractivity contribution in [3.8, 4) is 0 Å². The summed E-state index contributed by atoms with van der Waals surface area (Å²) in [4.78, 5) is 14.6. The zero-order valence-electron chi connectivity index (χ0n) is 12.2. The molecule has 1 saturated heterocycles. The van der Waals surface area contributed by atoms with Crippen LogP contribution in [-0.4, -0.2) is 54.7 Å². The van der Waals surface area contributed by atoms with Crippen molar-refractivity contribution < 1.29 is 14.6 Å². The molecule has 1 aliphatic carbocycles. The number of aliphatic hydroxyl groups is 1. The number of rotatable bonds is 5. The molecule has 1 heterocycles. The second-order valence-corrected chi connectivity index (χ2v) is 6.58. The van der Waals surface area contributed by atoms with E-state index in [0.29, 0.717) is 18.5 Å². The Morgan fingerprint density at radius 2 is 2.00 bits per heavy atom. The lowest BCUT2D eigenvalue weighted by Crippen LogP contribution is -2.41. The number of carbonyl (C=O) groups is 1. The van der Waals surface area contributed by atoms with Crippen molar-refractivity contribution in [2.75, 3.05) is 32.8 Å². The van der Waals surface area contributed by atoms with E-state index in [2.05, 4.69) is 18.7 Å². The highest BCUT2D eigenvalue weighted by molar-refractivity contribution is 5.88. The Balaban J connectivity index is 1.73. The number of nitrogens with zero attached hydrogens (tertiary/aromatic N) is 1. The predicted molar refractivity (Wildman–Crippen MR) is 74.0 cm³/mol. The van der Waals surface area contributed by atoms with Crippen LogP contribution >= 0.6 is 0 Å². The number of carbonyl (C=O) groups excluding carboxylic acids is 1. The number of ketones is 1. The molecule has 4 heteroatoms. The smallest absolute Gasteiger partial charge is 0.142 e. The first-order valence-corrected chi connectivity index (χ1v) is 7.52. The maximum atomic E-state index is 12.2. The lowest BCUT2D eigenvalue weighted by molar-refractivity contribution is -0.128. The first-order chi connectivity index (χ1) is 9.03. The predicted octanol–water partition coefficient (Wildman–Crippen LogP) is 1.46. The summed E-state index contributed by atoms with van der Waals surface area (Å²) in [6.45, 7) is 7.65. The molecule has 1 N–H and O–H groups in total. The van der Waals surface area contributed by atoms with Gasteiger partial charge in [-0.15, -0.1) is 0 Å². The molecule has 0 spiro atoms. The number of piperidine rings is 1. The standard InChI is InChI=1S/C15H27NO3/c1-15(2)6-3-12(14(15)18)11-16-7-4-13(5-8-16)19-10-9-17/h12-13,17H,3-11H2,1-2H3. The second-order valence-electron chi connectivity index (χ2n) is 6.58. The summed E-state index contributed by atoms with van der Waals surface area (Å²) < 4.78 is 5.56. The molecule has 19 heavy (non-hydrogen) atoms. The van der Waals surface area contributed by atoms with Crippen LogP contribution in [0, 0.1) is 11.3 Å². The number of hydrogen-bond donors (Lipinski definition) is 1. The van der Waals surface area contributed by atoms with E-state index >= 15 is 0 Å². The quantitative estimate of drug-likeness (QED) is 0.821. The van der Waals surface area contributed by atoms with Crippen LogP contribution in [-0.2, 0) is 9.53 Å². The van der Waals surface area contributed by atoms with Crippen molar-refractivity contribution in [2.24, 2.45) is 11.3 Å². The van der Waals surface area contributed by atoms with Crippen molar-refractivity contribution in [3.05, 3.63) is 0 Å². The van der Waals surface area contributed by atoms with Gasteiger partial charge in [-0.1, -0.05) is 13.8 Å². The molecule has 1 saturated carbocycles. The van der Waals surface area contributed by atoms with Gasteiger partial charge >= 0.3 is 0 Å². The van der Waals surface area contributed by atoms with Crippen LogP contribution in [0.3, 0.4) is 0 Å². The zero-order chi connectivity index (χ0) is 13.9. The third-order valence-electron chi connectivity index (χ3n) is 4.61. The molecule has 0 aromatic heterocycles. The molecule has 0 aromatic rings. The summed E-state index contributed by atoms with van der Waals surface area (Å²) in [7, 11) is 0. The average Bonchev–Trinajstić information content (AvgIpc) is 2.65. The van der Waals surface area contributed by atoms with Gasteiger partial charge in [0.05, 0.1) is 19.3 Å². The molecular weight excluding hydrogens is 242 g/mol. The van der Waals surface area contributed by atoms with E-state index in [-0.39, 0.29) is 17.9 Å². The highest BCUT2D eigenvalue weighted by Crippen LogP contribution is 2.38. The molecule has 2 fully saturated rings. The summed E-state index contributed by atoms with van der Waals surface area (Å²) in [6, 6.07) is 0. The van der Waals surface area contributed by atoms with E-state index in [1.165, 1.54) is 0 Å². The Morgan fingerprint density at radius 1 is 1.32 bits per heavy atom. The summed E-state index contributed by atoms with van der Waals surface area (Å²) in [5.41, 5.74) is -0.104. The van der Waals surface area contributed by atoms with Crippen molar-refractivity contribution in [1.82, 2.24) is 4.90 Å². The number of likely N-dealkylation sites (tertiary alicyclic amines) is 1. The molecule has 110 valence electrons. The Labute approximate surface area is 116 Å². The molecule has 0 radical (unpaired) electrons. The number of hydrogen-bond acceptors (Lipinski definition) is 4. The molecule has 0 bridgehead atoms. The van der Waals surface area contributed by atoms with Crippen molar-refractivity contribution in [2.45, 2.75) is 45.6 Å². The maximum Gasteiger partial charge on any atom is 0.142 e. The highest BCUT2D eigenvalue weighted by Gasteiger charge is 2.41. The number of aliphatic hydroxyl groups excluding tert-OH is 1. The first kappa shape index (κ1) is 14.9. The van der Waals surface area contributed by atoms with E-state index in [9.17, 15) is 4.79 Å².